The summed E-state index contributed by atoms with van der Waals surface area (Å²) in [6.45, 7) is 3.47. The number of rotatable bonds is 4. The van der Waals surface area contributed by atoms with E-state index in [-0.39, 0.29) is 11.6 Å². The normalized spacial score (nSPS) is 20.6. The highest BCUT2D eigenvalue weighted by Crippen LogP contribution is 2.23. The lowest BCUT2D eigenvalue weighted by Gasteiger charge is -2.29. The van der Waals surface area contributed by atoms with Crippen LogP contribution in [-0.2, 0) is 11.3 Å². The summed E-state index contributed by atoms with van der Waals surface area (Å²) < 4.78 is 13.8. The highest BCUT2D eigenvalue weighted by atomic mass is 79.9. The molecule has 4 heteroatoms. The van der Waals surface area contributed by atoms with E-state index in [1.54, 1.807) is 6.92 Å². The predicted octanol–water partition coefficient (Wildman–Crippen LogP) is 4.31. The quantitative estimate of drug-likeness (QED) is 0.813. The minimum Gasteiger partial charge on any atom is -0.300 e. The number of Topliss-reactive ketones (excluding diaryl/α,β-unsaturated/α-hetero) is 1. The van der Waals surface area contributed by atoms with E-state index in [0.717, 1.165) is 25.1 Å². The molecule has 0 saturated carbocycles. The third kappa shape index (κ3) is 4.38. The number of carbonyl (C=O) groups is 1. The fraction of sp³-hybridized carbons (Fsp3) is 0.562. The van der Waals surface area contributed by atoms with Crippen LogP contribution < -0.4 is 0 Å². The molecule has 1 unspecified atom stereocenters. The Morgan fingerprint density at radius 1 is 1.40 bits per heavy atom. The molecule has 0 aromatic heterocycles. The first-order valence-corrected chi connectivity index (χ1v) is 8.03. The summed E-state index contributed by atoms with van der Waals surface area (Å²) in [6, 6.07) is 5.50. The lowest BCUT2D eigenvalue weighted by atomic mass is 10.0. The summed E-state index contributed by atoms with van der Waals surface area (Å²) in [5.41, 5.74) is 1.09. The molecule has 0 spiro atoms. The van der Waals surface area contributed by atoms with E-state index in [1.165, 1.54) is 25.3 Å². The minimum absolute atomic E-state index is 0.232. The van der Waals surface area contributed by atoms with Crippen molar-refractivity contribution in [2.75, 3.05) is 6.54 Å². The zero-order valence-corrected chi connectivity index (χ0v) is 13.5. The second-order valence-corrected chi connectivity index (χ2v) is 6.48. The molecule has 1 fully saturated rings. The van der Waals surface area contributed by atoms with E-state index in [4.69, 9.17) is 0 Å². The fourth-order valence-electron chi connectivity index (χ4n) is 2.88. The van der Waals surface area contributed by atoms with Crippen molar-refractivity contribution in [2.24, 2.45) is 0 Å². The number of halogens is 2. The molecule has 1 aromatic carbocycles. The summed E-state index contributed by atoms with van der Waals surface area (Å²) >= 11 is 3.23. The van der Waals surface area contributed by atoms with E-state index < -0.39 is 0 Å². The number of hydrogen-bond acceptors (Lipinski definition) is 2. The van der Waals surface area contributed by atoms with Crippen molar-refractivity contribution in [3.63, 3.8) is 0 Å². The van der Waals surface area contributed by atoms with E-state index in [0.29, 0.717) is 16.9 Å². The lowest BCUT2D eigenvalue weighted by molar-refractivity contribution is -0.118. The van der Waals surface area contributed by atoms with E-state index in [1.807, 2.05) is 12.1 Å². The van der Waals surface area contributed by atoms with Gasteiger partial charge < -0.3 is 0 Å². The van der Waals surface area contributed by atoms with Crippen molar-refractivity contribution in [3.8, 4) is 0 Å². The summed E-state index contributed by atoms with van der Waals surface area (Å²) in [5.74, 6) is 0.0205. The van der Waals surface area contributed by atoms with Crippen LogP contribution in [0.4, 0.5) is 4.39 Å². The van der Waals surface area contributed by atoms with Crippen molar-refractivity contribution in [1.29, 1.82) is 0 Å². The molecule has 0 N–H and O–H groups in total. The molecule has 2 rings (SSSR count). The van der Waals surface area contributed by atoms with Crippen LogP contribution in [0.5, 0.6) is 0 Å². The molecule has 1 aliphatic heterocycles. The van der Waals surface area contributed by atoms with Crippen LogP contribution >= 0.6 is 15.9 Å². The van der Waals surface area contributed by atoms with Gasteiger partial charge in [-0.2, -0.15) is 0 Å². The molecule has 110 valence electrons. The van der Waals surface area contributed by atoms with Crippen LogP contribution in [0.2, 0.25) is 0 Å². The summed E-state index contributed by atoms with van der Waals surface area (Å²) in [4.78, 5) is 13.8. The molecule has 1 saturated heterocycles. The number of hydrogen-bond donors (Lipinski definition) is 0. The Labute approximate surface area is 128 Å². The Bertz CT molecular complexity index is 478. The Balaban J connectivity index is 2.09. The van der Waals surface area contributed by atoms with Crippen LogP contribution in [0.25, 0.3) is 0 Å². The van der Waals surface area contributed by atoms with Gasteiger partial charge in [0, 0.05) is 19.0 Å². The lowest BCUT2D eigenvalue weighted by Crippen LogP contribution is -2.35. The predicted molar refractivity (Wildman–Crippen MR) is 82.1 cm³/mol. The smallest absolute Gasteiger partial charge is 0.137 e. The largest absolute Gasteiger partial charge is 0.300 e. The van der Waals surface area contributed by atoms with Gasteiger partial charge in [-0.15, -0.1) is 0 Å². The van der Waals surface area contributed by atoms with Gasteiger partial charge in [0.2, 0.25) is 0 Å². The van der Waals surface area contributed by atoms with Gasteiger partial charge in [0.15, 0.2) is 0 Å². The summed E-state index contributed by atoms with van der Waals surface area (Å²) in [7, 11) is 0. The third-order valence-corrected chi connectivity index (χ3v) is 4.50. The molecule has 1 atom stereocenters. The highest BCUT2D eigenvalue weighted by molar-refractivity contribution is 9.10. The first-order valence-electron chi connectivity index (χ1n) is 7.23. The molecule has 0 amide bonds. The molecular weight excluding hydrogens is 321 g/mol. The second kappa shape index (κ2) is 7.32. The Morgan fingerprint density at radius 2 is 2.20 bits per heavy atom. The highest BCUT2D eigenvalue weighted by Gasteiger charge is 2.22. The first-order chi connectivity index (χ1) is 9.56. The van der Waals surface area contributed by atoms with E-state index in [9.17, 15) is 9.18 Å². The van der Waals surface area contributed by atoms with Gasteiger partial charge in [0.05, 0.1) is 4.47 Å². The second-order valence-electron chi connectivity index (χ2n) is 5.63. The maximum absolute atomic E-state index is 13.3. The Morgan fingerprint density at radius 3 is 2.90 bits per heavy atom. The molecule has 0 aliphatic carbocycles. The van der Waals surface area contributed by atoms with Crippen molar-refractivity contribution < 1.29 is 9.18 Å². The molecule has 1 aliphatic rings. The average molecular weight is 342 g/mol. The summed E-state index contributed by atoms with van der Waals surface area (Å²) in [5, 5.41) is 0. The van der Waals surface area contributed by atoms with Crippen LogP contribution in [0.1, 0.15) is 44.6 Å². The summed E-state index contributed by atoms with van der Waals surface area (Å²) in [6.07, 6.45) is 5.32. The van der Waals surface area contributed by atoms with E-state index >= 15 is 0 Å². The van der Waals surface area contributed by atoms with Gasteiger partial charge in [0.1, 0.15) is 11.6 Å². The van der Waals surface area contributed by atoms with Gasteiger partial charge in [-0.05, 0) is 59.9 Å². The number of carbonyl (C=O) groups excluding carboxylic acids is 1. The van der Waals surface area contributed by atoms with Gasteiger partial charge in [-0.3, -0.25) is 9.69 Å². The number of benzene rings is 1. The maximum atomic E-state index is 13.3. The van der Waals surface area contributed by atoms with Gasteiger partial charge in [0.25, 0.3) is 0 Å². The zero-order valence-electron chi connectivity index (χ0n) is 11.9. The Hall–Kier alpha value is -0.740. The fourth-order valence-corrected chi connectivity index (χ4v) is 3.31. The molecule has 0 bridgehead atoms. The third-order valence-electron chi connectivity index (χ3n) is 3.89. The van der Waals surface area contributed by atoms with Crippen LogP contribution in [0.3, 0.4) is 0 Å². The van der Waals surface area contributed by atoms with Crippen LogP contribution in [-0.4, -0.2) is 23.3 Å². The first kappa shape index (κ1) is 15.6. The standard InChI is InChI=1S/C16H21BrFNO/c1-12(20)9-14-5-3-2-4-8-19(14)11-13-6-7-16(18)15(17)10-13/h6-7,10,14H,2-5,8-9,11H2,1H3. The minimum atomic E-state index is -0.232. The van der Waals surface area contributed by atoms with Crippen LogP contribution in [0, 0.1) is 5.82 Å². The number of ketones is 1. The van der Waals surface area contributed by atoms with Gasteiger partial charge in [-0.25, -0.2) is 4.39 Å². The van der Waals surface area contributed by atoms with Crippen LogP contribution in [0.15, 0.2) is 22.7 Å². The molecule has 2 nitrogen and oxygen atoms in total. The van der Waals surface area contributed by atoms with Crippen molar-refractivity contribution in [3.05, 3.63) is 34.1 Å². The molecule has 1 heterocycles. The number of likely N-dealkylation sites (tertiary alicyclic amines) is 1. The van der Waals surface area contributed by atoms with E-state index in [2.05, 4.69) is 20.8 Å². The monoisotopic (exact) mass is 341 g/mol. The van der Waals surface area contributed by atoms with Gasteiger partial charge in [-0.1, -0.05) is 18.9 Å². The SMILES string of the molecule is CC(=O)CC1CCCCCN1Cc1ccc(F)c(Br)c1. The molecule has 0 radical (unpaired) electrons. The number of nitrogens with zero attached hydrogens (tertiary/aromatic N) is 1. The van der Waals surface area contributed by atoms with Crippen molar-refractivity contribution >= 4 is 21.7 Å². The Kier molecular flexibility index (Phi) is 5.73. The average Bonchev–Trinajstić information content (AvgIpc) is 2.59. The topological polar surface area (TPSA) is 20.3 Å². The maximum Gasteiger partial charge on any atom is 0.137 e. The zero-order chi connectivity index (χ0) is 14.5. The van der Waals surface area contributed by atoms with Gasteiger partial charge >= 0.3 is 0 Å². The molecular formula is C16H21BrFNO. The van der Waals surface area contributed by atoms with Crippen molar-refractivity contribution in [1.82, 2.24) is 4.90 Å². The van der Waals surface area contributed by atoms with Crippen molar-refractivity contribution in [2.45, 2.75) is 51.6 Å². The molecule has 1 aromatic rings. The molecule has 20 heavy (non-hydrogen) atoms.